The van der Waals surface area contributed by atoms with Gasteiger partial charge in [0.05, 0.1) is 5.52 Å². The van der Waals surface area contributed by atoms with Crippen LogP contribution in [-0.2, 0) is 6.18 Å². The van der Waals surface area contributed by atoms with Crippen molar-refractivity contribution in [1.82, 2.24) is 15.3 Å². The molecule has 1 atom stereocenters. The summed E-state index contributed by atoms with van der Waals surface area (Å²) in [5.74, 6) is -0.169. The molecule has 0 aliphatic rings. The van der Waals surface area contributed by atoms with Crippen LogP contribution in [0.1, 0.15) is 17.5 Å². The molecule has 0 unspecified atom stereocenters. The van der Waals surface area contributed by atoms with Gasteiger partial charge in [0.2, 0.25) is 5.88 Å². The molecule has 0 saturated carbocycles. The molecule has 3 aromatic rings. The minimum Gasteiger partial charge on any atom is -0.503 e. The van der Waals surface area contributed by atoms with E-state index in [1.165, 1.54) is 12.1 Å². The summed E-state index contributed by atoms with van der Waals surface area (Å²) in [5, 5.41) is 12.3. The van der Waals surface area contributed by atoms with Crippen molar-refractivity contribution < 1.29 is 23.0 Å². The summed E-state index contributed by atoms with van der Waals surface area (Å²) in [6, 6.07) is 6.34. The number of rotatable bonds is 5. The van der Waals surface area contributed by atoms with Gasteiger partial charge >= 0.3 is 6.18 Å². The lowest BCUT2D eigenvalue weighted by Crippen LogP contribution is -2.17. The SMILES string of the molecule is CN[C@@H](C)/C=C/c1ccc(Oc2ccc3nc(C(F)(F)F)sc3c2O)nc1. The Balaban J connectivity index is 1.82. The highest BCUT2D eigenvalue weighted by Gasteiger charge is 2.35. The zero-order valence-electron chi connectivity index (χ0n) is 14.4. The molecule has 142 valence electrons. The number of aromatic nitrogens is 2. The fraction of sp³-hybridized carbons (Fsp3) is 0.222. The molecule has 0 fully saturated rings. The van der Waals surface area contributed by atoms with E-state index in [1.54, 1.807) is 18.3 Å². The third-order valence-corrected chi connectivity index (χ3v) is 4.87. The van der Waals surface area contributed by atoms with Crippen LogP contribution in [-0.4, -0.2) is 28.2 Å². The van der Waals surface area contributed by atoms with Crippen molar-refractivity contribution in [3.05, 3.63) is 47.1 Å². The van der Waals surface area contributed by atoms with Crippen molar-refractivity contribution >= 4 is 27.6 Å². The van der Waals surface area contributed by atoms with Gasteiger partial charge in [-0.15, -0.1) is 11.3 Å². The Morgan fingerprint density at radius 1 is 1.26 bits per heavy atom. The first kappa shape index (κ1) is 19.1. The molecule has 5 nitrogen and oxygen atoms in total. The zero-order valence-corrected chi connectivity index (χ0v) is 15.2. The molecule has 2 N–H and O–H groups in total. The number of pyridine rings is 1. The first-order valence-electron chi connectivity index (χ1n) is 7.97. The van der Waals surface area contributed by atoms with Crippen LogP contribution < -0.4 is 10.1 Å². The van der Waals surface area contributed by atoms with Crippen LogP contribution in [0.4, 0.5) is 13.2 Å². The predicted octanol–water partition coefficient (Wildman–Crippen LogP) is 4.83. The standard InChI is InChI=1S/C18H16F3N3O2S/c1-10(22-2)3-4-11-5-8-14(23-9-11)26-13-7-6-12-16(15(13)25)27-17(24-12)18(19,20)21/h3-10,22,25H,1-2H3/b4-3+/t10-/m0/s1. The fourth-order valence-corrected chi connectivity index (χ4v) is 3.05. The highest BCUT2D eigenvalue weighted by atomic mass is 32.1. The van der Waals surface area contributed by atoms with Gasteiger partial charge in [-0.2, -0.15) is 13.2 Å². The molecule has 0 aliphatic carbocycles. The maximum Gasteiger partial charge on any atom is 0.443 e. The van der Waals surface area contributed by atoms with E-state index >= 15 is 0 Å². The number of ether oxygens (including phenoxy) is 1. The number of nitrogens with zero attached hydrogens (tertiary/aromatic N) is 2. The second kappa shape index (κ2) is 7.53. The minimum absolute atomic E-state index is 0.0134. The molecule has 0 bridgehead atoms. The number of halogens is 3. The molecule has 3 rings (SSSR count). The molecular formula is C18H16F3N3O2S. The quantitative estimate of drug-likeness (QED) is 0.648. The Morgan fingerprint density at radius 2 is 2.04 bits per heavy atom. The number of alkyl halides is 3. The average molecular weight is 395 g/mol. The van der Waals surface area contributed by atoms with E-state index in [9.17, 15) is 18.3 Å². The highest BCUT2D eigenvalue weighted by Crippen LogP contribution is 2.43. The smallest absolute Gasteiger partial charge is 0.443 e. The molecule has 0 amide bonds. The molecule has 0 saturated heterocycles. The third kappa shape index (κ3) is 4.37. The molecule has 27 heavy (non-hydrogen) atoms. The molecule has 1 aromatic carbocycles. The van der Waals surface area contributed by atoms with Crippen molar-refractivity contribution in [1.29, 1.82) is 0 Å². The molecule has 2 heterocycles. The van der Waals surface area contributed by atoms with E-state index in [0.29, 0.717) is 11.3 Å². The lowest BCUT2D eigenvalue weighted by atomic mass is 10.2. The number of aromatic hydroxyl groups is 1. The van der Waals surface area contributed by atoms with Crippen LogP contribution in [0, 0.1) is 0 Å². The zero-order chi connectivity index (χ0) is 19.6. The van der Waals surface area contributed by atoms with Crippen LogP contribution in [0.25, 0.3) is 16.3 Å². The van der Waals surface area contributed by atoms with Gasteiger partial charge in [0.15, 0.2) is 16.5 Å². The number of phenols is 1. The Morgan fingerprint density at radius 3 is 2.67 bits per heavy atom. The molecule has 0 radical (unpaired) electrons. The van der Waals surface area contributed by atoms with Gasteiger partial charge in [-0.25, -0.2) is 9.97 Å². The fourth-order valence-electron chi connectivity index (χ4n) is 2.18. The largest absolute Gasteiger partial charge is 0.503 e. The third-order valence-electron chi connectivity index (χ3n) is 3.74. The summed E-state index contributed by atoms with van der Waals surface area (Å²) in [6.45, 7) is 2.00. The van der Waals surface area contributed by atoms with Gasteiger partial charge in [-0.05, 0) is 37.7 Å². The normalized spacial score (nSPS) is 13.4. The number of fused-ring (bicyclic) bond motifs is 1. The van der Waals surface area contributed by atoms with E-state index < -0.39 is 16.9 Å². The summed E-state index contributed by atoms with van der Waals surface area (Å²) in [4.78, 5) is 7.64. The van der Waals surface area contributed by atoms with E-state index in [1.807, 2.05) is 26.1 Å². The number of phenolic OH excluding ortho intramolecular Hbond substituents is 1. The van der Waals surface area contributed by atoms with Crippen molar-refractivity contribution in [2.75, 3.05) is 7.05 Å². The predicted molar refractivity (Wildman–Crippen MR) is 98.2 cm³/mol. The summed E-state index contributed by atoms with van der Waals surface area (Å²) < 4.78 is 43.9. The second-order valence-corrected chi connectivity index (χ2v) is 6.74. The van der Waals surface area contributed by atoms with Crippen LogP contribution in [0.5, 0.6) is 17.4 Å². The number of thiazole rings is 1. The van der Waals surface area contributed by atoms with E-state index in [0.717, 1.165) is 5.56 Å². The Bertz CT molecular complexity index is 968. The first-order valence-corrected chi connectivity index (χ1v) is 8.78. The number of hydrogen-bond donors (Lipinski definition) is 2. The van der Waals surface area contributed by atoms with Crippen LogP contribution >= 0.6 is 11.3 Å². The first-order chi connectivity index (χ1) is 12.8. The number of benzene rings is 1. The Hall–Kier alpha value is -2.65. The molecular weight excluding hydrogens is 379 g/mol. The molecule has 9 heteroatoms. The van der Waals surface area contributed by atoms with E-state index in [-0.39, 0.29) is 27.9 Å². The van der Waals surface area contributed by atoms with Gasteiger partial charge in [0.25, 0.3) is 0 Å². The van der Waals surface area contributed by atoms with Gasteiger partial charge in [-0.3, -0.25) is 0 Å². The van der Waals surface area contributed by atoms with E-state index in [4.69, 9.17) is 4.74 Å². The van der Waals surface area contributed by atoms with Crippen LogP contribution in [0.2, 0.25) is 0 Å². The lowest BCUT2D eigenvalue weighted by molar-refractivity contribution is -0.137. The minimum atomic E-state index is -4.56. The second-order valence-electron chi connectivity index (χ2n) is 5.75. The Kier molecular flexibility index (Phi) is 5.33. The maximum absolute atomic E-state index is 12.8. The molecule has 0 aliphatic heterocycles. The summed E-state index contributed by atoms with van der Waals surface area (Å²) >= 11 is 0.368. The van der Waals surface area contributed by atoms with Crippen LogP contribution in [0.15, 0.2) is 36.5 Å². The number of hydrogen-bond acceptors (Lipinski definition) is 6. The van der Waals surface area contributed by atoms with Gasteiger partial charge < -0.3 is 15.2 Å². The molecule has 2 aromatic heterocycles. The lowest BCUT2D eigenvalue weighted by Gasteiger charge is -2.07. The van der Waals surface area contributed by atoms with E-state index in [2.05, 4.69) is 15.3 Å². The average Bonchev–Trinajstić information content (AvgIpc) is 3.09. The highest BCUT2D eigenvalue weighted by molar-refractivity contribution is 7.19. The summed E-state index contributed by atoms with van der Waals surface area (Å²) in [7, 11) is 1.86. The Labute approximate surface area is 157 Å². The monoisotopic (exact) mass is 395 g/mol. The summed E-state index contributed by atoms with van der Waals surface area (Å²) in [6.07, 6.45) is 0.905. The number of likely N-dealkylation sites (N-methyl/N-ethyl adjacent to an activating group) is 1. The van der Waals surface area contributed by atoms with Gasteiger partial charge in [0, 0.05) is 18.3 Å². The topological polar surface area (TPSA) is 67.3 Å². The summed E-state index contributed by atoms with van der Waals surface area (Å²) in [5.41, 5.74) is 0.922. The van der Waals surface area contributed by atoms with Gasteiger partial charge in [-0.1, -0.05) is 12.2 Å². The van der Waals surface area contributed by atoms with Crippen molar-refractivity contribution in [3.8, 4) is 17.4 Å². The maximum atomic E-state index is 12.8. The van der Waals surface area contributed by atoms with Crippen molar-refractivity contribution in [2.45, 2.75) is 19.1 Å². The molecule has 0 spiro atoms. The van der Waals surface area contributed by atoms with Crippen molar-refractivity contribution in [3.63, 3.8) is 0 Å². The van der Waals surface area contributed by atoms with Crippen molar-refractivity contribution in [2.24, 2.45) is 0 Å². The van der Waals surface area contributed by atoms with Crippen LogP contribution in [0.3, 0.4) is 0 Å². The number of nitrogens with one attached hydrogen (secondary N) is 1. The van der Waals surface area contributed by atoms with Gasteiger partial charge in [0.1, 0.15) is 4.70 Å².